The summed E-state index contributed by atoms with van der Waals surface area (Å²) >= 11 is 0. The number of hydrogen-bond acceptors (Lipinski definition) is 3. The van der Waals surface area contributed by atoms with E-state index in [-0.39, 0.29) is 5.75 Å². The standard InChI is InChI=1S/C21H22N2O2S/c22-20(18-12-6-2-7-13-18)21(19-14-8-3-9-15-19)23-26(24,25)16-17-10-4-1-5-11-17/h1-15,20-21,23H,16,22H2/t20-,21-/m0/s1. The molecular formula is C21H22N2O2S. The molecule has 3 aromatic carbocycles. The van der Waals surface area contributed by atoms with E-state index >= 15 is 0 Å². The first-order chi connectivity index (χ1) is 12.6. The summed E-state index contributed by atoms with van der Waals surface area (Å²) in [5.41, 5.74) is 8.89. The molecule has 0 amide bonds. The van der Waals surface area contributed by atoms with E-state index in [1.54, 1.807) is 12.1 Å². The van der Waals surface area contributed by atoms with Crippen molar-refractivity contribution < 1.29 is 8.42 Å². The van der Waals surface area contributed by atoms with Crippen LogP contribution in [-0.4, -0.2) is 8.42 Å². The van der Waals surface area contributed by atoms with Gasteiger partial charge in [-0.2, -0.15) is 0 Å². The Bertz CT molecular complexity index is 914. The van der Waals surface area contributed by atoms with E-state index in [0.717, 1.165) is 16.7 Å². The SMILES string of the molecule is N[C@@H](c1ccccc1)[C@@H](NS(=O)(=O)Cc1ccccc1)c1ccccc1. The summed E-state index contributed by atoms with van der Waals surface area (Å²) in [5.74, 6) is -0.0846. The van der Waals surface area contributed by atoms with Gasteiger partial charge in [0.2, 0.25) is 10.0 Å². The zero-order valence-corrected chi connectivity index (χ0v) is 15.1. The van der Waals surface area contributed by atoms with Crippen LogP contribution >= 0.6 is 0 Å². The second kappa shape index (κ2) is 8.27. The normalized spacial score (nSPS) is 13.9. The van der Waals surface area contributed by atoms with Gasteiger partial charge in [-0.05, 0) is 16.7 Å². The molecule has 3 aromatic rings. The second-order valence-electron chi connectivity index (χ2n) is 6.19. The number of rotatable bonds is 7. The van der Waals surface area contributed by atoms with Crippen molar-refractivity contribution in [3.63, 3.8) is 0 Å². The fourth-order valence-corrected chi connectivity index (χ4v) is 4.29. The van der Waals surface area contributed by atoms with Gasteiger partial charge in [0.25, 0.3) is 0 Å². The lowest BCUT2D eigenvalue weighted by Crippen LogP contribution is -2.36. The topological polar surface area (TPSA) is 72.2 Å². The first-order valence-electron chi connectivity index (χ1n) is 8.44. The molecule has 3 N–H and O–H groups in total. The molecule has 5 heteroatoms. The highest BCUT2D eigenvalue weighted by molar-refractivity contribution is 7.88. The van der Waals surface area contributed by atoms with E-state index in [1.807, 2.05) is 78.9 Å². The van der Waals surface area contributed by atoms with E-state index < -0.39 is 22.1 Å². The van der Waals surface area contributed by atoms with Gasteiger partial charge < -0.3 is 5.73 Å². The Morgan fingerprint density at radius 2 is 1.19 bits per heavy atom. The summed E-state index contributed by atoms with van der Waals surface area (Å²) < 4.78 is 28.3. The number of hydrogen-bond donors (Lipinski definition) is 2. The first-order valence-corrected chi connectivity index (χ1v) is 10.1. The van der Waals surface area contributed by atoms with E-state index in [0.29, 0.717) is 0 Å². The zero-order valence-electron chi connectivity index (χ0n) is 14.3. The predicted molar refractivity (Wildman–Crippen MR) is 105 cm³/mol. The van der Waals surface area contributed by atoms with E-state index in [9.17, 15) is 8.42 Å². The average molecular weight is 366 g/mol. The van der Waals surface area contributed by atoms with Crippen LogP contribution in [0.4, 0.5) is 0 Å². The molecule has 0 saturated heterocycles. The molecule has 134 valence electrons. The Hall–Kier alpha value is -2.47. The van der Waals surface area contributed by atoms with Crippen molar-refractivity contribution in [2.45, 2.75) is 17.8 Å². The van der Waals surface area contributed by atoms with Crippen LogP contribution in [0.25, 0.3) is 0 Å². The van der Waals surface area contributed by atoms with Crippen LogP contribution < -0.4 is 10.5 Å². The van der Waals surface area contributed by atoms with Crippen molar-refractivity contribution in [1.29, 1.82) is 0 Å². The van der Waals surface area contributed by atoms with Crippen molar-refractivity contribution in [1.82, 2.24) is 4.72 Å². The van der Waals surface area contributed by atoms with Crippen LogP contribution in [0.3, 0.4) is 0 Å². The smallest absolute Gasteiger partial charge is 0.216 e. The number of nitrogens with two attached hydrogens (primary N) is 1. The highest BCUT2D eigenvalue weighted by Gasteiger charge is 2.26. The van der Waals surface area contributed by atoms with Gasteiger partial charge in [0, 0.05) is 0 Å². The lowest BCUT2D eigenvalue weighted by Gasteiger charge is -2.26. The van der Waals surface area contributed by atoms with E-state index in [4.69, 9.17) is 5.73 Å². The Balaban J connectivity index is 1.89. The van der Waals surface area contributed by atoms with Crippen LogP contribution in [0, 0.1) is 0 Å². The lowest BCUT2D eigenvalue weighted by atomic mass is 9.95. The Labute approximate surface area is 154 Å². The van der Waals surface area contributed by atoms with Gasteiger partial charge >= 0.3 is 0 Å². The second-order valence-corrected chi connectivity index (χ2v) is 7.94. The van der Waals surface area contributed by atoms with Crippen LogP contribution in [-0.2, 0) is 15.8 Å². The molecule has 26 heavy (non-hydrogen) atoms. The minimum Gasteiger partial charge on any atom is -0.322 e. The number of nitrogens with one attached hydrogen (secondary N) is 1. The number of sulfonamides is 1. The quantitative estimate of drug-likeness (QED) is 0.672. The molecule has 0 bridgehead atoms. The Morgan fingerprint density at radius 3 is 1.73 bits per heavy atom. The largest absolute Gasteiger partial charge is 0.322 e. The molecule has 0 radical (unpaired) electrons. The van der Waals surface area contributed by atoms with Crippen LogP contribution in [0.5, 0.6) is 0 Å². The summed E-state index contributed by atoms with van der Waals surface area (Å²) in [6, 6.07) is 27.0. The summed E-state index contributed by atoms with van der Waals surface area (Å²) in [6.45, 7) is 0. The first kappa shape index (κ1) is 18.3. The predicted octanol–water partition coefficient (Wildman–Crippen LogP) is 3.55. The molecule has 0 heterocycles. The molecule has 4 nitrogen and oxygen atoms in total. The maximum absolute atomic E-state index is 12.8. The third-order valence-corrected chi connectivity index (χ3v) is 5.53. The van der Waals surface area contributed by atoms with Crippen molar-refractivity contribution in [2.24, 2.45) is 5.73 Å². The van der Waals surface area contributed by atoms with Crippen LogP contribution in [0.15, 0.2) is 91.0 Å². The Morgan fingerprint density at radius 1 is 0.731 bits per heavy atom. The van der Waals surface area contributed by atoms with Crippen molar-refractivity contribution in [2.75, 3.05) is 0 Å². The third kappa shape index (κ3) is 4.79. The molecule has 0 unspecified atom stereocenters. The molecule has 0 fully saturated rings. The highest BCUT2D eigenvalue weighted by atomic mass is 32.2. The van der Waals surface area contributed by atoms with E-state index in [1.165, 1.54) is 0 Å². The van der Waals surface area contributed by atoms with Gasteiger partial charge in [-0.3, -0.25) is 0 Å². The van der Waals surface area contributed by atoms with E-state index in [2.05, 4.69) is 4.72 Å². The van der Waals surface area contributed by atoms with Crippen LogP contribution in [0.1, 0.15) is 28.8 Å². The van der Waals surface area contributed by atoms with Gasteiger partial charge in [0.15, 0.2) is 0 Å². The molecular weight excluding hydrogens is 344 g/mol. The fraction of sp³-hybridized carbons (Fsp3) is 0.143. The summed E-state index contributed by atoms with van der Waals surface area (Å²) in [4.78, 5) is 0. The Kier molecular flexibility index (Phi) is 5.83. The molecule has 0 saturated carbocycles. The van der Waals surface area contributed by atoms with Crippen molar-refractivity contribution in [3.8, 4) is 0 Å². The summed E-state index contributed by atoms with van der Waals surface area (Å²) in [5, 5.41) is 0. The fourth-order valence-electron chi connectivity index (χ4n) is 2.91. The summed E-state index contributed by atoms with van der Waals surface area (Å²) in [7, 11) is -3.57. The van der Waals surface area contributed by atoms with Crippen molar-refractivity contribution in [3.05, 3.63) is 108 Å². The van der Waals surface area contributed by atoms with Gasteiger partial charge in [-0.1, -0.05) is 91.0 Å². The van der Waals surface area contributed by atoms with Gasteiger partial charge in [-0.15, -0.1) is 0 Å². The van der Waals surface area contributed by atoms with Crippen LogP contribution in [0.2, 0.25) is 0 Å². The lowest BCUT2D eigenvalue weighted by molar-refractivity contribution is 0.503. The molecule has 0 spiro atoms. The highest BCUT2D eigenvalue weighted by Crippen LogP contribution is 2.28. The average Bonchev–Trinajstić information content (AvgIpc) is 2.67. The van der Waals surface area contributed by atoms with Gasteiger partial charge in [0.05, 0.1) is 17.8 Å². The zero-order chi connectivity index (χ0) is 18.4. The minimum atomic E-state index is -3.57. The molecule has 3 rings (SSSR count). The maximum Gasteiger partial charge on any atom is 0.216 e. The molecule has 2 atom stereocenters. The van der Waals surface area contributed by atoms with Gasteiger partial charge in [0.1, 0.15) is 0 Å². The minimum absolute atomic E-state index is 0.0846. The number of benzene rings is 3. The van der Waals surface area contributed by atoms with Crippen molar-refractivity contribution >= 4 is 10.0 Å². The maximum atomic E-state index is 12.8. The monoisotopic (exact) mass is 366 g/mol. The summed E-state index contributed by atoms with van der Waals surface area (Å²) in [6.07, 6.45) is 0. The van der Waals surface area contributed by atoms with Gasteiger partial charge in [-0.25, -0.2) is 13.1 Å². The molecule has 0 aliphatic rings. The molecule has 0 aromatic heterocycles. The third-order valence-electron chi connectivity index (χ3n) is 4.21. The molecule has 0 aliphatic heterocycles. The molecule has 0 aliphatic carbocycles.